The molecule has 25 heavy (non-hydrogen) atoms. The summed E-state index contributed by atoms with van der Waals surface area (Å²) in [6.07, 6.45) is 5.08. The number of allylic oxidation sites excluding steroid dienone is 1. The molecule has 0 spiro atoms. The van der Waals surface area contributed by atoms with Crippen molar-refractivity contribution >= 4 is 17.7 Å². The van der Waals surface area contributed by atoms with Gasteiger partial charge in [0.1, 0.15) is 0 Å². The lowest BCUT2D eigenvalue weighted by molar-refractivity contribution is 0.0418. The monoisotopic (exact) mass is 341 g/mol. The maximum absolute atomic E-state index is 12.8. The summed E-state index contributed by atoms with van der Waals surface area (Å²) < 4.78 is 5.43. The highest BCUT2D eigenvalue weighted by atomic mass is 16.5. The van der Waals surface area contributed by atoms with Gasteiger partial charge in [0.15, 0.2) is 6.19 Å². The molecule has 1 fully saturated rings. The van der Waals surface area contributed by atoms with Gasteiger partial charge < -0.3 is 20.3 Å². The Balaban J connectivity index is 2.16. The van der Waals surface area contributed by atoms with E-state index in [-0.39, 0.29) is 18.1 Å². The number of hydrogen-bond donors (Lipinski definition) is 1. The quantitative estimate of drug-likeness (QED) is 0.635. The van der Waals surface area contributed by atoms with Crippen LogP contribution >= 0.6 is 0 Å². The molecule has 2 rings (SSSR count). The summed E-state index contributed by atoms with van der Waals surface area (Å²) in [4.78, 5) is 20.0. The summed E-state index contributed by atoms with van der Waals surface area (Å²) in [6, 6.07) is 7.04. The highest BCUT2D eigenvalue weighted by Gasteiger charge is 2.37. The van der Waals surface area contributed by atoms with Crippen molar-refractivity contribution in [3.63, 3.8) is 0 Å². The van der Waals surface area contributed by atoms with Crippen molar-refractivity contribution in [2.75, 3.05) is 34.3 Å². The van der Waals surface area contributed by atoms with Crippen LogP contribution in [0, 0.1) is 11.5 Å². The number of aliphatic imine (C=N–C) groups is 1. The number of ether oxygens (including phenoxy) is 1. The van der Waals surface area contributed by atoms with Gasteiger partial charge in [-0.3, -0.25) is 9.79 Å². The van der Waals surface area contributed by atoms with E-state index < -0.39 is 0 Å². The number of methoxy groups -OCH3 is 1. The van der Waals surface area contributed by atoms with Crippen molar-refractivity contribution in [3.05, 3.63) is 41.6 Å². The van der Waals surface area contributed by atoms with Crippen molar-refractivity contribution < 1.29 is 9.53 Å². The first kappa shape index (κ1) is 18.5. The number of amides is 1. The second-order valence-corrected chi connectivity index (χ2v) is 5.85. The van der Waals surface area contributed by atoms with E-state index in [2.05, 4.69) is 11.2 Å². The summed E-state index contributed by atoms with van der Waals surface area (Å²) >= 11 is 0. The molecule has 1 saturated heterocycles. The molecule has 0 bridgehead atoms. The van der Waals surface area contributed by atoms with Gasteiger partial charge in [-0.25, -0.2) is 0 Å². The van der Waals surface area contributed by atoms with E-state index >= 15 is 0 Å². The van der Waals surface area contributed by atoms with E-state index in [1.165, 1.54) is 6.20 Å². The van der Waals surface area contributed by atoms with Gasteiger partial charge in [-0.2, -0.15) is 5.26 Å². The Morgan fingerprint density at radius 1 is 1.40 bits per heavy atom. The van der Waals surface area contributed by atoms with E-state index in [0.29, 0.717) is 18.7 Å². The standard InChI is InChI=1S/C18H23N5O2/c1-21-9-15(8-19)13-4-6-14(7-5-13)18(24)22(2)16-10-23(12-20)11-17(16)25-3/h4-9,16-17H,10-11,19H2,1-3H3/t16-,17-/m0/s1. The van der Waals surface area contributed by atoms with E-state index in [9.17, 15) is 4.79 Å². The van der Waals surface area contributed by atoms with Crippen LogP contribution in [0.2, 0.25) is 0 Å². The molecule has 1 aromatic rings. The summed E-state index contributed by atoms with van der Waals surface area (Å²) in [7, 11) is 5.01. The molecule has 2 N–H and O–H groups in total. The number of carbonyl (C=O) groups excluding carboxylic acids is 1. The minimum absolute atomic E-state index is 0.110. The van der Waals surface area contributed by atoms with Crippen LogP contribution in [0.25, 0.3) is 5.57 Å². The first-order valence-electron chi connectivity index (χ1n) is 7.94. The predicted octanol–water partition coefficient (Wildman–Crippen LogP) is 0.939. The van der Waals surface area contributed by atoms with Crippen molar-refractivity contribution in [2.45, 2.75) is 12.1 Å². The van der Waals surface area contributed by atoms with Crippen LogP contribution in [0.3, 0.4) is 0 Å². The first-order valence-corrected chi connectivity index (χ1v) is 7.94. The number of likely N-dealkylation sites (N-methyl/N-ethyl adjacent to an activating group) is 1. The lowest BCUT2D eigenvalue weighted by Gasteiger charge is -2.28. The Kier molecular flexibility index (Phi) is 6.14. The lowest BCUT2D eigenvalue weighted by atomic mass is 10.0. The van der Waals surface area contributed by atoms with Crippen molar-refractivity contribution in [1.82, 2.24) is 9.80 Å². The molecule has 0 saturated carbocycles. The van der Waals surface area contributed by atoms with Gasteiger partial charge in [-0.05, 0) is 17.7 Å². The van der Waals surface area contributed by atoms with Crippen LogP contribution in [-0.2, 0) is 4.74 Å². The fraction of sp³-hybridized carbons (Fsp3) is 0.389. The van der Waals surface area contributed by atoms with Gasteiger partial charge >= 0.3 is 0 Å². The Morgan fingerprint density at radius 2 is 2.04 bits per heavy atom. The third kappa shape index (κ3) is 3.98. The molecule has 1 aliphatic rings. The Labute approximate surface area is 148 Å². The Bertz CT molecular complexity index is 705. The zero-order chi connectivity index (χ0) is 18.4. The third-order valence-electron chi connectivity index (χ3n) is 4.41. The highest BCUT2D eigenvalue weighted by molar-refractivity contribution is 6.09. The molecule has 0 unspecified atom stereocenters. The molecule has 0 aliphatic carbocycles. The molecule has 0 aromatic heterocycles. The summed E-state index contributed by atoms with van der Waals surface area (Å²) in [6.45, 7) is 0.970. The van der Waals surface area contributed by atoms with Gasteiger partial charge in [0.05, 0.1) is 25.2 Å². The molecule has 7 heteroatoms. The molecule has 1 amide bonds. The van der Waals surface area contributed by atoms with Gasteiger partial charge in [0, 0.05) is 44.8 Å². The number of carbonyl (C=O) groups is 1. The number of rotatable bonds is 5. The van der Waals surface area contributed by atoms with Crippen LogP contribution < -0.4 is 5.73 Å². The Morgan fingerprint density at radius 3 is 2.56 bits per heavy atom. The second kappa shape index (κ2) is 8.31. The minimum atomic E-state index is -0.180. The summed E-state index contributed by atoms with van der Waals surface area (Å²) in [5.74, 6) is -0.110. The predicted molar refractivity (Wildman–Crippen MR) is 96.9 cm³/mol. The maximum Gasteiger partial charge on any atom is 0.253 e. The number of nitrogens with two attached hydrogens (primary N) is 1. The van der Waals surface area contributed by atoms with Crippen LogP contribution in [-0.4, -0.2) is 68.4 Å². The minimum Gasteiger partial charge on any atom is -0.404 e. The Hall–Kier alpha value is -2.85. The van der Waals surface area contributed by atoms with E-state index in [1.807, 2.05) is 12.1 Å². The topological polar surface area (TPSA) is 95.0 Å². The molecular weight excluding hydrogens is 318 g/mol. The number of hydrogen-bond acceptors (Lipinski definition) is 6. The molecule has 2 atom stereocenters. The van der Waals surface area contributed by atoms with Gasteiger partial charge in [0.2, 0.25) is 0 Å². The van der Waals surface area contributed by atoms with Gasteiger partial charge in [-0.15, -0.1) is 0 Å². The summed E-state index contributed by atoms with van der Waals surface area (Å²) in [5.41, 5.74) is 7.85. The number of benzene rings is 1. The van der Waals surface area contributed by atoms with Gasteiger partial charge in [0.25, 0.3) is 5.91 Å². The van der Waals surface area contributed by atoms with Crippen LogP contribution in [0.4, 0.5) is 0 Å². The molecule has 132 valence electrons. The average molecular weight is 341 g/mol. The van der Waals surface area contributed by atoms with Crippen molar-refractivity contribution in [3.8, 4) is 6.19 Å². The van der Waals surface area contributed by atoms with Gasteiger partial charge in [-0.1, -0.05) is 12.1 Å². The van der Waals surface area contributed by atoms with Crippen LogP contribution in [0.5, 0.6) is 0 Å². The fourth-order valence-corrected chi connectivity index (χ4v) is 2.95. The van der Waals surface area contributed by atoms with E-state index in [1.54, 1.807) is 49.4 Å². The molecule has 7 nitrogen and oxygen atoms in total. The zero-order valence-electron chi connectivity index (χ0n) is 14.7. The van der Waals surface area contributed by atoms with E-state index in [4.69, 9.17) is 15.7 Å². The van der Waals surface area contributed by atoms with Crippen molar-refractivity contribution in [2.24, 2.45) is 10.7 Å². The second-order valence-electron chi connectivity index (χ2n) is 5.85. The molecule has 1 aromatic carbocycles. The SMILES string of the molecule is CN=CC(=CN)c1ccc(C(=O)N(C)[C@H]2CN(C#N)C[C@@H]2OC)cc1. The van der Waals surface area contributed by atoms with E-state index in [0.717, 1.165) is 11.1 Å². The average Bonchev–Trinajstić information content (AvgIpc) is 3.08. The van der Waals surface area contributed by atoms with Crippen LogP contribution in [0.15, 0.2) is 35.5 Å². The normalized spacial score (nSPS) is 20.7. The summed E-state index contributed by atoms with van der Waals surface area (Å²) in [5, 5.41) is 9.07. The number of likely N-dealkylation sites (tertiary alicyclic amines) is 1. The number of nitriles is 1. The van der Waals surface area contributed by atoms with Crippen LogP contribution in [0.1, 0.15) is 15.9 Å². The molecule has 1 aliphatic heterocycles. The first-order chi connectivity index (χ1) is 12.0. The highest BCUT2D eigenvalue weighted by Crippen LogP contribution is 2.20. The molecular formula is C18H23N5O2. The lowest BCUT2D eigenvalue weighted by Crippen LogP contribution is -2.45. The zero-order valence-corrected chi connectivity index (χ0v) is 14.7. The largest absolute Gasteiger partial charge is 0.404 e. The smallest absolute Gasteiger partial charge is 0.253 e. The maximum atomic E-state index is 12.8. The third-order valence-corrected chi connectivity index (χ3v) is 4.41. The van der Waals surface area contributed by atoms with Crippen molar-refractivity contribution in [1.29, 1.82) is 5.26 Å². The molecule has 1 heterocycles. The number of nitrogens with zero attached hydrogens (tertiary/aromatic N) is 4. The molecule has 0 radical (unpaired) electrons. The fourth-order valence-electron chi connectivity index (χ4n) is 2.95.